The number of fused-ring (bicyclic) bond motifs is 1. The Morgan fingerprint density at radius 3 is 2.53 bits per heavy atom. The normalized spacial score (nSPS) is 14.1. The largest absolute Gasteiger partial charge is 0.493 e. The van der Waals surface area contributed by atoms with Gasteiger partial charge < -0.3 is 28.4 Å². The quantitative estimate of drug-likeness (QED) is 0.106. The molecule has 11 nitrogen and oxygen atoms in total. The first kappa shape index (κ1) is 35.7. The molecule has 1 atom stereocenters. The number of methoxy groups -OCH3 is 3. The predicted octanol–water partition coefficient (Wildman–Crippen LogP) is 4.90. The molecule has 0 N–H and O–H groups in total. The number of aromatic nitrogens is 1. The number of esters is 1. The molecule has 0 saturated heterocycles. The Morgan fingerprint density at radius 2 is 1.82 bits per heavy atom. The van der Waals surface area contributed by atoms with Gasteiger partial charge in [-0.25, -0.2) is 9.79 Å². The zero-order valence-electron chi connectivity index (χ0n) is 27.6. The van der Waals surface area contributed by atoms with Crippen LogP contribution in [0.3, 0.4) is 0 Å². The molecule has 13 heteroatoms. The van der Waals surface area contributed by atoms with Crippen molar-refractivity contribution in [1.82, 2.24) is 4.57 Å². The molecule has 49 heavy (non-hydrogen) atoms. The average molecular weight is 796 g/mol. The lowest BCUT2D eigenvalue weighted by Crippen LogP contribution is -2.40. The molecule has 3 aromatic carbocycles. The van der Waals surface area contributed by atoms with Crippen molar-refractivity contribution in [1.29, 1.82) is 5.26 Å². The molecule has 4 aromatic rings. The number of allylic oxidation sites excluding steroid dienone is 1. The van der Waals surface area contributed by atoms with Gasteiger partial charge in [-0.2, -0.15) is 5.26 Å². The zero-order valence-corrected chi connectivity index (χ0v) is 30.5. The van der Waals surface area contributed by atoms with Crippen LogP contribution >= 0.6 is 33.9 Å². The van der Waals surface area contributed by atoms with Crippen molar-refractivity contribution in [2.75, 3.05) is 41.2 Å². The Balaban J connectivity index is 1.62. The minimum atomic E-state index is -0.910. The molecule has 2 heterocycles. The predicted molar refractivity (Wildman–Crippen MR) is 192 cm³/mol. The number of nitrogens with zero attached hydrogens (tertiary/aromatic N) is 3. The smallest absolute Gasteiger partial charge is 0.338 e. The number of thiazole rings is 1. The first-order valence-corrected chi connectivity index (χ1v) is 17.1. The molecular formula is C36H34IN3O8S. The Kier molecular flexibility index (Phi) is 11.8. The van der Waals surface area contributed by atoms with E-state index in [-0.39, 0.29) is 31.0 Å². The highest BCUT2D eigenvalue weighted by atomic mass is 127. The van der Waals surface area contributed by atoms with Gasteiger partial charge in [0, 0.05) is 18.2 Å². The Morgan fingerprint density at radius 1 is 1.04 bits per heavy atom. The van der Waals surface area contributed by atoms with Crippen LogP contribution in [-0.4, -0.2) is 51.7 Å². The molecule has 0 aliphatic carbocycles. The van der Waals surface area contributed by atoms with Gasteiger partial charge in [0.2, 0.25) is 0 Å². The summed E-state index contributed by atoms with van der Waals surface area (Å²) in [7, 11) is 4.59. The van der Waals surface area contributed by atoms with Crippen LogP contribution in [0.25, 0.3) is 6.08 Å². The van der Waals surface area contributed by atoms with E-state index in [2.05, 4.69) is 28.7 Å². The van der Waals surface area contributed by atoms with Gasteiger partial charge in [0.1, 0.15) is 19.3 Å². The van der Waals surface area contributed by atoms with Crippen molar-refractivity contribution in [2.45, 2.75) is 26.5 Å². The molecule has 0 bridgehead atoms. The second-order valence-electron chi connectivity index (χ2n) is 10.6. The molecule has 0 amide bonds. The highest BCUT2D eigenvalue weighted by Gasteiger charge is 2.36. The fraction of sp³-hybridized carbons (Fsp3) is 0.278. The van der Waals surface area contributed by atoms with Crippen molar-refractivity contribution < 1.29 is 33.2 Å². The first-order valence-electron chi connectivity index (χ1n) is 15.2. The number of nitriles is 1. The molecule has 0 spiro atoms. The number of halogens is 1. The fourth-order valence-electron chi connectivity index (χ4n) is 5.40. The van der Waals surface area contributed by atoms with Crippen molar-refractivity contribution in [2.24, 2.45) is 4.99 Å². The third-order valence-electron chi connectivity index (χ3n) is 7.63. The number of rotatable bonds is 13. The van der Waals surface area contributed by atoms with Crippen molar-refractivity contribution >= 4 is 46.0 Å². The summed E-state index contributed by atoms with van der Waals surface area (Å²) in [6.07, 6.45) is 1.76. The number of ether oxygens (including phenoxy) is 6. The zero-order chi connectivity index (χ0) is 35.1. The van der Waals surface area contributed by atoms with Gasteiger partial charge in [-0.15, -0.1) is 0 Å². The molecule has 0 radical (unpaired) electrons. The highest BCUT2D eigenvalue weighted by Crippen LogP contribution is 2.41. The third kappa shape index (κ3) is 7.51. The van der Waals surface area contributed by atoms with E-state index in [4.69, 9.17) is 33.4 Å². The van der Waals surface area contributed by atoms with Crippen molar-refractivity contribution in [3.8, 4) is 29.1 Å². The summed E-state index contributed by atoms with van der Waals surface area (Å²) in [5.74, 6) is 1.24. The second-order valence-corrected chi connectivity index (χ2v) is 12.8. The van der Waals surface area contributed by atoms with Gasteiger partial charge in [0.15, 0.2) is 27.8 Å². The van der Waals surface area contributed by atoms with Crippen LogP contribution in [-0.2, 0) is 20.9 Å². The topological polar surface area (TPSA) is 131 Å². The lowest BCUT2D eigenvalue weighted by Gasteiger charge is -2.27. The second kappa shape index (κ2) is 16.2. The summed E-state index contributed by atoms with van der Waals surface area (Å²) in [6, 6.07) is 17.5. The first-order chi connectivity index (χ1) is 23.8. The summed E-state index contributed by atoms with van der Waals surface area (Å²) in [5, 5.41) is 9.46. The molecule has 1 aliphatic heterocycles. The van der Waals surface area contributed by atoms with E-state index >= 15 is 0 Å². The average Bonchev–Trinajstić information content (AvgIpc) is 3.40. The highest BCUT2D eigenvalue weighted by molar-refractivity contribution is 14.1. The van der Waals surface area contributed by atoms with Gasteiger partial charge in [0.25, 0.3) is 5.56 Å². The summed E-state index contributed by atoms with van der Waals surface area (Å²) in [6.45, 7) is 4.32. The van der Waals surface area contributed by atoms with Crippen LogP contribution in [0.5, 0.6) is 23.0 Å². The summed E-state index contributed by atoms with van der Waals surface area (Å²) in [5.41, 5.74) is 2.81. The van der Waals surface area contributed by atoms with E-state index in [9.17, 15) is 14.9 Å². The Hall–Kier alpha value is -4.65. The number of hydrogen-bond acceptors (Lipinski definition) is 11. The molecule has 0 fully saturated rings. The van der Waals surface area contributed by atoms with Gasteiger partial charge in [-0.3, -0.25) is 9.36 Å². The van der Waals surface area contributed by atoms with Crippen LogP contribution in [0.2, 0.25) is 0 Å². The maximum Gasteiger partial charge on any atom is 0.338 e. The monoisotopic (exact) mass is 795 g/mol. The summed E-state index contributed by atoms with van der Waals surface area (Å²) >= 11 is 3.36. The molecule has 1 aromatic heterocycles. The number of para-hydroxylation sites is 1. The van der Waals surface area contributed by atoms with Crippen LogP contribution < -0.4 is 33.8 Å². The maximum absolute atomic E-state index is 14.3. The van der Waals surface area contributed by atoms with E-state index in [1.165, 1.54) is 30.1 Å². The van der Waals surface area contributed by atoms with Crippen molar-refractivity contribution in [3.63, 3.8) is 0 Å². The lowest BCUT2D eigenvalue weighted by atomic mass is 9.94. The van der Waals surface area contributed by atoms with E-state index in [0.717, 1.165) is 9.13 Å². The van der Waals surface area contributed by atoms with Gasteiger partial charge >= 0.3 is 5.97 Å². The molecular weight excluding hydrogens is 761 g/mol. The van der Waals surface area contributed by atoms with E-state index in [0.29, 0.717) is 61.3 Å². The molecule has 1 aliphatic rings. The van der Waals surface area contributed by atoms with Gasteiger partial charge in [0.05, 0.1) is 58.4 Å². The third-order valence-corrected chi connectivity index (χ3v) is 9.42. The number of carbonyl (C=O) groups excluding carboxylic acids is 1. The maximum atomic E-state index is 14.3. The molecule has 0 saturated carbocycles. The number of carbonyl (C=O) groups is 1. The minimum absolute atomic E-state index is 0.0324. The Labute approximate surface area is 300 Å². The van der Waals surface area contributed by atoms with E-state index in [1.54, 1.807) is 56.5 Å². The number of hydrogen-bond donors (Lipinski definition) is 0. The number of benzene rings is 3. The SMILES string of the molecule is CCOc1c(OC)cccc1[C@H]1C(C(=O)OCCOC)=C(C)N=c2s/c(=C/c3cc(I)c(OCc4ccccc4C#N)c(OC)c3)c(=O)n21. The van der Waals surface area contributed by atoms with Crippen LogP contribution in [0, 0.1) is 14.9 Å². The summed E-state index contributed by atoms with van der Waals surface area (Å²) < 4.78 is 36.7. The standard InChI is InChI=1S/C36H34IN3O8S/c1-6-46-32-25(12-9-13-27(32)44-4)31-30(35(42)47-15-14-43-3)21(2)39-36-40(31)34(41)29(49-36)18-22-16-26(37)33(28(17-22)45-5)48-20-24-11-8-7-10-23(24)19-38/h7-13,16-18,31H,6,14-15,20H2,1-5H3/b29-18+/t31-/m0/s1. The lowest BCUT2D eigenvalue weighted by molar-refractivity contribution is -0.140. The fourth-order valence-corrected chi connectivity index (χ4v) is 7.23. The molecule has 254 valence electrons. The molecule has 0 unspecified atom stereocenters. The van der Waals surface area contributed by atoms with Crippen LogP contribution in [0.1, 0.15) is 42.1 Å². The van der Waals surface area contributed by atoms with Crippen LogP contribution in [0.15, 0.2) is 75.7 Å². The van der Waals surface area contributed by atoms with E-state index in [1.807, 2.05) is 25.1 Å². The van der Waals surface area contributed by atoms with Crippen LogP contribution in [0.4, 0.5) is 0 Å². The van der Waals surface area contributed by atoms with Crippen molar-refractivity contribution in [3.05, 3.63) is 111 Å². The van der Waals surface area contributed by atoms with Gasteiger partial charge in [-0.05, 0) is 72.3 Å². The summed E-state index contributed by atoms with van der Waals surface area (Å²) in [4.78, 5) is 33.0. The van der Waals surface area contributed by atoms with Gasteiger partial charge in [-0.1, -0.05) is 41.7 Å². The Bertz CT molecular complexity index is 2130. The van der Waals surface area contributed by atoms with E-state index < -0.39 is 12.0 Å². The molecule has 5 rings (SSSR count). The minimum Gasteiger partial charge on any atom is -0.493 e.